The molecule has 1 aliphatic heterocycles. The summed E-state index contributed by atoms with van der Waals surface area (Å²) >= 11 is 5.90. The summed E-state index contributed by atoms with van der Waals surface area (Å²) in [6.07, 6.45) is 0. The second kappa shape index (κ2) is 4.72. The third kappa shape index (κ3) is 2.13. The summed E-state index contributed by atoms with van der Waals surface area (Å²) in [6, 6.07) is 6.77. The molecule has 1 heterocycles. The number of carbonyl (C=O) groups excluding carboxylic acids is 1. The number of anilines is 1. The summed E-state index contributed by atoms with van der Waals surface area (Å²) in [7, 11) is 0. The number of aliphatic hydroxyl groups is 1. The van der Waals surface area contributed by atoms with Crippen LogP contribution < -0.4 is 10.2 Å². The maximum absolute atomic E-state index is 11.5. The van der Waals surface area contributed by atoms with Crippen molar-refractivity contribution in [2.75, 3.05) is 24.6 Å². The Morgan fingerprint density at radius 1 is 1.56 bits per heavy atom. The Morgan fingerprint density at radius 2 is 2.38 bits per heavy atom. The number of nitrogens with zero attached hydrogens (tertiary/aromatic N) is 1. The van der Waals surface area contributed by atoms with Crippen molar-refractivity contribution in [3.05, 3.63) is 29.3 Å². The van der Waals surface area contributed by atoms with Gasteiger partial charge in [0, 0.05) is 23.8 Å². The summed E-state index contributed by atoms with van der Waals surface area (Å²) in [5.41, 5.74) is 0.862. The van der Waals surface area contributed by atoms with E-state index in [9.17, 15) is 9.90 Å². The fourth-order valence-corrected chi connectivity index (χ4v) is 2.04. The van der Waals surface area contributed by atoms with Gasteiger partial charge in [0.05, 0.1) is 6.61 Å². The molecule has 86 valence electrons. The minimum atomic E-state index is -0.521. The Bertz CT molecular complexity index is 397. The van der Waals surface area contributed by atoms with Gasteiger partial charge in [-0.3, -0.25) is 4.79 Å². The van der Waals surface area contributed by atoms with E-state index in [4.69, 9.17) is 11.6 Å². The standard InChI is InChI=1S/C11H13ClN2O2/c12-8-2-1-3-9(6-8)14-5-4-13-11(16)10(14)7-15/h1-3,6,10,15H,4-5,7H2,(H,13,16). The van der Waals surface area contributed by atoms with Gasteiger partial charge in [-0.2, -0.15) is 0 Å². The zero-order valence-electron chi connectivity index (χ0n) is 8.69. The lowest BCUT2D eigenvalue weighted by atomic mass is 10.1. The van der Waals surface area contributed by atoms with E-state index in [0.29, 0.717) is 18.1 Å². The Kier molecular flexibility index (Phi) is 3.31. The van der Waals surface area contributed by atoms with Gasteiger partial charge in [0.1, 0.15) is 6.04 Å². The van der Waals surface area contributed by atoms with Gasteiger partial charge in [0.15, 0.2) is 0 Å². The van der Waals surface area contributed by atoms with E-state index in [0.717, 1.165) is 5.69 Å². The van der Waals surface area contributed by atoms with Crippen molar-refractivity contribution in [3.63, 3.8) is 0 Å². The highest BCUT2D eigenvalue weighted by molar-refractivity contribution is 6.30. The summed E-state index contributed by atoms with van der Waals surface area (Å²) in [5, 5.41) is 12.6. The molecule has 0 spiro atoms. The number of carbonyl (C=O) groups is 1. The maximum atomic E-state index is 11.5. The molecule has 2 N–H and O–H groups in total. The van der Waals surface area contributed by atoms with Gasteiger partial charge in [0.2, 0.25) is 5.91 Å². The number of amides is 1. The van der Waals surface area contributed by atoms with Crippen LogP contribution in [0, 0.1) is 0 Å². The lowest BCUT2D eigenvalue weighted by Gasteiger charge is -2.35. The van der Waals surface area contributed by atoms with Gasteiger partial charge in [-0.1, -0.05) is 17.7 Å². The van der Waals surface area contributed by atoms with Crippen LogP contribution in [0.2, 0.25) is 5.02 Å². The highest BCUT2D eigenvalue weighted by Crippen LogP contribution is 2.22. The molecule has 4 nitrogen and oxygen atoms in total. The number of aliphatic hydroxyl groups excluding tert-OH is 1. The predicted octanol–water partition coefficient (Wildman–Crippen LogP) is 0.637. The third-order valence-electron chi connectivity index (χ3n) is 2.64. The molecular weight excluding hydrogens is 228 g/mol. The van der Waals surface area contributed by atoms with Crippen LogP contribution in [0.5, 0.6) is 0 Å². The van der Waals surface area contributed by atoms with Gasteiger partial charge >= 0.3 is 0 Å². The molecule has 1 aromatic carbocycles. The van der Waals surface area contributed by atoms with Crippen LogP contribution in [0.4, 0.5) is 5.69 Å². The molecule has 1 unspecified atom stereocenters. The molecule has 1 amide bonds. The lowest BCUT2D eigenvalue weighted by molar-refractivity contribution is -0.124. The molecule has 16 heavy (non-hydrogen) atoms. The van der Waals surface area contributed by atoms with Crippen molar-refractivity contribution in [1.82, 2.24) is 5.32 Å². The normalized spacial score (nSPS) is 20.8. The molecule has 1 saturated heterocycles. The molecule has 0 saturated carbocycles. The Hall–Kier alpha value is -1.26. The van der Waals surface area contributed by atoms with Crippen molar-refractivity contribution < 1.29 is 9.90 Å². The minimum absolute atomic E-state index is 0.145. The molecule has 1 aliphatic rings. The monoisotopic (exact) mass is 240 g/mol. The number of hydrogen-bond donors (Lipinski definition) is 2. The fourth-order valence-electron chi connectivity index (χ4n) is 1.86. The predicted molar refractivity (Wildman–Crippen MR) is 62.7 cm³/mol. The molecule has 0 bridgehead atoms. The topological polar surface area (TPSA) is 52.6 Å². The van der Waals surface area contributed by atoms with E-state index in [1.54, 1.807) is 12.1 Å². The fraction of sp³-hybridized carbons (Fsp3) is 0.364. The van der Waals surface area contributed by atoms with E-state index in [1.165, 1.54) is 0 Å². The Balaban J connectivity index is 2.27. The smallest absolute Gasteiger partial charge is 0.245 e. The second-order valence-corrected chi connectivity index (χ2v) is 4.10. The van der Waals surface area contributed by atoms with Crippen LogP contribution in [0.15, 0.2) is 24.3 Å². The molecule has 0 radical (unpaired) electrons. The quantitative estimate of drug-likeness (QED) is 0.798. The molecular formula is C11H13ClN2O2. The Morgan fingerprint density at radius 3 is 3.06 bits per heavy atom. The van der Waals surface area contributed by atoms with Crippen LogP contribution in [0.1, 0.15) is 0 Å². The van der Waals surface area contributed by atoms with E-state index in [2.05, 4.69) is 5.32 Å². The average molecular weight is 241 g/mol. The van der Waals surface area contributed by atoms with Crippen LogP contribution >= 0.6 is 11.6 Å². The van der Waals surface area contributed by atoms with E-state index in [-0.39, 0.29) is 12.5 Å². The second-order valence-electron chi connectivity index (χ2n) is 3.66. The van der Waals surface area contributed by atoms with Crippen molar-refractivity contribution >= 4 is 23.2 Å². The lowest BCUT2D eigenvalue weighted by Crippen LogP contribution is -2.57. The maximum Gasteiger partial charge on any atom is 0.245 e. The molecule has 0 aromatic heterocycles. The summed E-state index contributed by atoms with van der Waals surface area (Å²) in [4.78, 5) is 13.4. The first kappa shape index (κ1) is 11.2. The highest BCUT2D eigenvalue weighted by Gasteiger charge is 2.28. The zero-order chi connectivity index (χ0) is 11.5. The van der Waals surface area contributed by atoms with Gasteiger partial charge in [0.25, 0.3) is 0 Å². The number of rotatable bonds is 2. The van der Waals surface area contributed by atoms with Crippen molar-refractivity contribution in [1.29, 1.82) is 0 Å². The van der Waals surface area contributed by atoms with E-state index in [1.807, 2.05) is 17.0 Å². The molecule has 1 atom stereocenters. The first-order valence-electron chi connectivity index (χ1n) is 5.13. The van der Waals surface area contributed by atoms with Crippen molar-refractivity contribution in [3.8, 4) is 0 Å². The summed E-state index contributed by atoms with van der Waals surface area (Å²) in [6.45, 7) is 1.07. The molecule has 1 aromatic rings. The number of piperazine rings is 1. The van der Waals surface area contributed by atoms with Gasteiger partial charge in [-0.25, -0.2) is 0 Å². The van der Waals surface area contributed by atoms with Crippen LogP contribution in [0.3, 0.4) is 0 Å². The SMILES string of the molecule is O=C1NCCN(c2cccc(Cl)c2)C1CO. The van der Waals surface area contributed by atoms with Crippen LogP contribution in [0.25, 0.3) is 0 Å². The molecule has 2 rings (SSSR count). The average Bonchev–Trinajstić information content (AvgIpc) is 2.28. The highest BCUT2D eigenvalue weighted by atomic mass is 35.5. The molecule has 0 aliphatic carbocycles. The van der Waals surface area contributed by atoms with E-state index >= 15 is 0 Å². The van der Waals surface area contributed by atoms with Crippen molar-refractivity contribution in [2.45, 2.75) is 6.04 Å². The molecule has 1 fully saturated rings. The van der Waals surface area contributed by atoms with Gasteiger partial charge < -0.3 is 15.3 Å². The minimum Gasteiger partial charge on any atom is -0.394 e. The summed E-state index contributed by atoms with van der Waals surface area (Å²) in [5.74, 6) is -0.145. The van der Waals surface area contributed by atoms with Crippen LogP contribution in [-0.2, 0) is 4.79 Å². The number of benzene rings is 1. The first-order valence-corrected chi connectivity index (χ1v) is 5.51. The van der Waals surface area contributed by atoms with Gasteiger partial charge in [-0.05, 0) is 18.2 Å². The summed E-state index contributed by atoms with van der Waals surface area (Å²) < 4.78 is 0. The third-order valence-corrected chi connectivity index (χ3v) is 2.88. The van der Waals surface area contributed by atoms with Gasteiger partial charge in [-0.15, -0.1) is 0 Å². The molecule has 5 heteroatoms. The van der Waals surface area contributed by atoms with E-state index < -0.39 is 6.04 Å². The number of hydrogen-bond acceptors (Lipinski definition) is 3. The largest absolute Gasteiger partial charge is 0.394 e. The number of nitrogens with one attached hydrogen (secondary N) is 1. The zero-order valence-corrected chi connectivity index (χ0v) is 9.44. The van der Waals surface area contributed by atoms with Crippen LogP contribution in [-0.4, -0.2) is 36.8 Å². The first-order chi connectivity index (χ1) is 7.72. The van der Waals surface area contributed by atoms with Crippen molar-refractivity contribution in [2.24, 2.45) is 0 Å². The Labute approximate surface area is 98.8 Å². The number of halogens is 1.